The van der Waals surface area contributed by atoms with E-state index in [9.17, 15) is 14.0 Å². The zero-order chi connectivity index (χ0) is 14.6. The lowest BCUT2D eigenvalue weighted by Gasteiger charge is -2.02. The average Bonchev–Trinajstić information content (AvgIpc) is 3.18. The number of benzene rings is 2. The fraction of sp³-hybridized carbons (Fsp3) is 0.125. The van der Waals surface area contributed by atoms with Crippen molar-refractivity contribution in [2.75, 3.05) is 5.32 Å². The smallest absolute Gasteiger partial charge is 0.264 e. The number of para-hydroxylation sites is 1. The first-order valence-electron chi connectivity index (χ1n) is 6.51. The molecule has 0 radical (unpaired) electrons. The number of Topliss-reactive ketones (excluding diaryl/α,β-unsaturated/α-hetero) is 1. The molecule has 4 nitrogen and oxygen atoms in total. The van der Waals surface area contributed by atoms with Crippen LogP contribution in [0.3, 0.4) is 0 Å². The molecule has 4 rings (SSSR count). The van der Waals surface area contributed by atoms with E-state index >= 15 is 0 Å². The van der Waals surface area contributed by atoms with Crippen molar-refractivity contribution in [2.24, 2.45) is 0 Å². The molecule has 21 heavy (non-hydrogen) atoms. The van der Waals surface area contributed by atoms with Crippen LogP contribution >= 0.6 is 0 Å². The Morgan fingerprint density at radius 1 is 1.14 bits per heavy atom. The van der Waals surface area contributed by atoms with Gasteiger partial charge in [0.1, 0.15) is 5.82 Å². The minimum absolute atomic E-state index is 0.318. The van der Waals surface area contributed by atoms with Crippen LogP contribution in [0.2, 0.25) is 0 Å². The lowest BCUT2D eigenvalue weighted by molar-refractivity contribution is -0.120. The van der Waals surface area contributed by atoms with Crippen molar-refractivity contribution < 1.29 is 18.7 Å². The van der Waals surface area contributed by atoms with E-state index in [1.807, 2.05) is 0 Å². The molecule has 2 aromatic rings. The molecule has 1 amide bonds. The average molecular weight is 283 g/mol. The molecule has 2 aromatic carbocycles. The van der Waals surface area contributed by atoms with Gasteiger partial charge in [0.05, 0.1) is 0 Å². The van der Waals surface area contributed by atoms with Crippen LogP contribution in [0.15, 0.2) is 48.5 Å². The number of ether oxygens (including phenoxy) is 1. The van der Waals surface area contributed by atoms with Crippen molar-refractivity contribution in [3.8, 4) is 0 Å². The Labute approximate surface area is 119 Å². The second-order valence-electron chi connectivity index (χ2n) is 5.10. The van der Waals surface area contributed by atoms with E-state index in [1.54, 1.807) is 24.3 Å². The summed E-state index contributed by atoms with van der Waals surface area (Å²) < 4.78 is 18.4. The number of rotatable bonds is 2. The fourth-order valence-corrected chi connectivity index (χ4v) is 2.79. The van der Waals surface area contributed by atoms with Crippen LogP contribution in [0.25, 0.3) is 0 Å². The summed E-state index contributed by atoms with van der Waals surface area (Å²) >= 11 is 0. The zero-order valence-corrected chi connectivity index (χ0v) is 10.8. The van der Waals surface area contributed by atoms with E-state index in [1.165, 1.54) is 24.3 Å². The summed E-state index contributed by atoms with van der Waals surface area (Å²) in [5.41, 5.74) is 0.449. The Morgan fingerprint density at radius 2 is 1.86 bits per heavy atom. The number of nitrogens with one attached hydrogen (secondary N) is 1. The van der Waals surface area contributed by atoms with Gasteiger partial charge in [-0.3, -0.25) is 9.59 Å². The minimum atomic E-state index is -1.22. The number of ketones is 1. The van der Waals surface area contributed by atoms with Gasteiger partial charge in [-0.2, -0.15) is 0 Å². The fourth-order valence-electron chi connectivity index (χ4n) is 2.79. The molecule has 2 heterocycles. The van der Waals surface area contributed by atoms with Gasteiger partial charge in [0.2, 0.25) is 5.60 Å². The highest BCUT2D eigenvalue weighted by Gasteiger charge is 2.70. The largest absolute Gasteiger partial charge is 0.342 e. The number of anilines is 1. The maximum Gasteiger partial charge on any atom is 0.264 e. The summed E-state index contributed by atoms with van der Waals surface area (Å²) in [5.74, 6) is -1.06. The molecule has 2 unspecified atom stereocenters. The Hall–Kier alpha value is -2.53. The summed E-state index contributed by atoms with van der Waals surface area (Å²) in [7, 11) is 0. The number of fused-ring (bicyclic) bond motifs is 2. The van der Waals surface area contributed by atoms with Gasteiger partial charge in [0, 0.05) is 16.8 Å². The first-order chi connectivity index (χ1) is 10.1. The quantitative estimate of drug-likeness (QED) is 0.679. The predicted molar refractivity (Wildman–Crippen MR) is 72.4 cm³/mol. The van der Waals surface area contributed by atoms with Gasteiger partial charge in [-0.15, -0.1) is 0 Å². The van der Waals surface area contributed by atoms with E-state index < -0.39 is 17.5 Å². The third-order valence-corrected chi connectivity index (χ3v) is 3.90. The van der Waals surface area contributed by atoms with Gasteiger partial charge < -0.3 is 10.1 Å². The van der Waals surface area contributed by atoms with E-state index in [0.717, 1.165) is 0 Å². The molecule has 1 saturated heterocycles. The Balaban J connectivity index is 1.70. The number of epoxide rings is 1. The van der Waals surface area contributed by atoms with Gasteiger partial charge in [0.15, 0.2) is 11.9 Å². The first-order valence-corrected chi connectivity index (χ1v) is 6.51. The molecule has 0 saturated carbocycles. The summed E-state index contributed by atoms with van der Waals surface area (Å²) in [6.45, 7) is 0. The lowest BCUT2D eigenvalue weighted by Crippen LogP contribution is -2.27. The second-order valence-corrected chi connectivity index (χ2v) is 5.10. The Bertz CT molecular complexity index is 771. The highest BCUT2D eigenvalue weighted by molar-refractivity contribution is 6.15. The number of carbonyl (C=O) groups is 2. The molecular formula is C16H10FNO3. The molecule has 5 heteroatoms. The van der Waals surface area contributed by atoms with E-state index in [4.69, 9.17) is 4.74 Å². The van der Waals surface area contributed by atoms with E-state index in [0.29, 0.717) is 16.8 Å². The van der Waals surface area contributed by atoms with Crippen molar-refractivity contribution in [2.45, 2.75) is 11.7 Å². The second kappa shape index (κ2) is 3.99. The van der Waals surface area contributed by atoms with Crippen molar-refractivity contribution in [1.82, 2.24) is 0 Å². The van der Waals surface area contributed by atoms with Crippen LogP contribution in [-0.4, -0.2) is 17.8 Å². The molecule has 104 valence electrons. The normalized spacial score (nSPS) is 25.6. The summed E-state index contributed by atoms with van der Waals surface area (Å²) in [6, 6.07) is 12.3. The van der Waals surface area contributed by atoms with Gasteiger partial charge in [-0.1, -0.05) is 18.2 Å². The number of carbonyl (C=O) groups excluding carboxylic acids is 2. The summed E-state index contributed by atoms with van der Waals surface area (Å²) in [5, 5.41) is 2.72. The molecule has 1 spiro atoms. The number of amides is 1. The summed E-state index contributed by atoms with van der Waals surface area (Å²) in [6.07, 6.45) is -0.855. The van der Waals surface area contributed by atoms with Crippen molar-refractivity contribution in [3.05, 3.63) is 65.5 Å². The Kier molecular flexibility index (Phi) is 2.32. The number of hydrogen-bond acceptors (Lipinski definition) is 3. The molecule has 0 aliphatic carbocycles. The van der Waals surface area contributed by atoms with Crippen molar-refractivity contribution in [3.63, 3.8) is 0 Å². The zero-order valence-electron chi connectivity index (χ0n) is 10.8. The maximum atomic E-state index is 12.9. The molecule has 2 atom stereocenters. The molecule has 2 aliphatic heterocycles. The topological polar surface area (TPSA) is 58.7 Å². The number of hydrogen-bond donors (Lipinski definition) is 1. The molecule has 0 bridgehead atoms. The van der Waals surface area contributed by atoms with Crippen molar-refractivity contribution >= 4 is 17.4 Å². The number of halogens is 1. The van der Waals surface area contributed by atoms with Crippen molar-refractivity contribution in [1.29, 1.82) is 0 Å². The van der Waals surface area contributed by atoms with Crippen LogP contribution in [0.4, 0.5) is 10.1 Å². The third-order valence-electron chi connectivity index (χ3n) is 3.90. The molecule has 0 aromatic heterocycles. The first kappa shape index (κ1) is 12.2. The van der Waals surface area contributed by atoms with Gasteiger partial charge in [-0.25, -0.2) is 4.39 Å². The van der Waals surface area contributed by atoms with Crippen LogP contribution in [0.1, 0.15) is 15.9 Å². The molecule has 1 fully saturated rings. The Morgan fingerprint density at radius 3 is 2.62 bits per heavy atom. The minimum Gasteiger partial charge on any atom is -0.342 e. The molecule has 1 N–H and O–H groups in total. The molecular weight excluding hydrogens is 273 g/mol. The van der Waals surface area contributed by atoms with Crippen LogP contribution in [-0.2, 0) is 15.1 Å². The predicted octanol–water partition coefficient (Wildman–Crippen LogP) is 2.25. The lowest BCUT2D eigenvalue weighted by atomic mass is 9.92. The highest BCUT2D eigenvalue weighted by Crippen LogP contribution is 2.54. The van der Waals surface area contributed by atoms with Crippen LogP contribution in [0, 0.1) is 5.82 Å². The molecule has 2 aliphatic rings. The van der Waals surface area contributed by atoms with Crippen LogP contribution < -0.4 is 5.32 Å². The standard InChI is InChI=1S/C16H10FNO3/c17-10-7-5-9(6-8-10)13(19)14-16(21-14)11-3-1-2-4-12(11)18-15(16)20/h1-8,14H,(H,18,20). The van der Waals surface area contributed by atoms with Crippen LogP contribution in [0.5, 0.6) is 0 Å². The van der Waals surface area contributed by atoms with Gasteiger partial charge >= 0.3 is 0 Å². The third kappa shape index (κ3) is 1.58. The summed E-state index contributed by atoms with van der Waals surface area (Å²) in [4.78, 5) is 24.6. The van der Waals surface area contributed by atoms with Gasteiger partial charge in [-0.05, 0) is 30.3 Å². The van der Waals surface area contributed by atoms with E-state index in [-0.39, 0.29) is 11.7 Å². The van der Waals surface area contributed by atoms with Gasteiger partial charge in [0.25, 0.3) is 5.91 Å². The SMILES string of the molecule is O=C(c1ccc(F)cc1)C1OC12C(=O)Nc1ccccc12. The van der Waals surface area contributed by atoms with E-state index in [2.05, 4.69) is 5.32 Å². The monoisotopic (exact) mass is 283 g/mol. The highest BCUT2D eigenvalue weighted by atomic mass is 19.1. The maximum absolute atomic E-state index is 12.9.